The number of nitro benzene ring substituents is 2. The Morgan fingerprint density at radius 3 is 2.32 bits per heavy atom. The van der Waals surface area contributed by atoms with Gasteiger partial charge in [-0.1, -0.05) is 24.3 Å². The Morgan fingerprint density at radius 2 is 1.64 bits per heavy atom. The van der Waals surface area contributed by atoms with E-state index in [4.69, 9.17) is 0 Å². The Bertz CT molecular complexity index is 1030. The Labute approximate surface area is 141 Å². The molecule has 0 aliphatic heterocycles. The summed E-state index contributed by atoms with van der Waals surface area (Å²) in [5, 5.41) is 33.1. The molecular formula is C17H11N3O5. The van der Waals surface area contributed by atoms with Gasteiger partial charge < -0.3 is 5.11 Å². The van der Waals surface area contributed by atoms with Gasteiger partial charge in [-0.2, -0.15) is 0 Å². The number of benzene rings is 3. The maximum Gasteiger partial charge on any atom is 0.285 e. The van der Waals surface area contributed by atoms with Gasteiger partial charge in [0.15, 0.2) is 0 Å². The lowest BCUT2D eigenvalue weighted by Crippen LogP contribution is -1.97. The number of rotatable bonds is 4. The monoisotopic (exact) mass is 337 g/mol. The number of phenols is 1. The fourth-order valence-corrected chi connectivity index (χ4v) is 2.43. The topological polar surface area (TPSA) is 119 Å². The Balaban J connectivity index is 2.07. The zero-order valence-corrected chi connectivity index (χ0v) is 12.7. The summed E-state index contributed by atoms with van der Waals surface area (Å²) in [6.07, 6.45) is 1.28. The van der Waals surface area contributed by atoms with Crippen LogP contribution in [-0.2, 0) is 0 Å². The zero-order valence-electron chi connectivity index (χ0n) is 12.7. The second kappa shape index (κ2) is 6.36. The molecule has 0 heterocycles. The van der Waals surface area contributed by atoms with E-state index >= 15 is 0 Å². The minimum atomic E-state index is -0.693. The SMILES string of the molecule is O=[N+]([O-])c1ccc(/C=N/c2ccc(O)c3ccccc23)c([N+](=O)[O-])c1. The molecule has 0 spiro atoms. The molecular weight excluding hydrogens is 326 g/mol. The first-order chi connectivity index (χ1) is 12.0. The van der Waals surface area contributed by atoms with Gasteiger partial charge in [-0.15, -0.1) is 0 Å². The molecule has 0 aliphatic carbocycles. The van der Waals surface area contributed by atoms with E-state index in [9.17, 15) is 25.3 Å². The molecule has 0 aliphatic rings. The fraction of sp³-hybridized carbons (Fsp3) is 0. The molecule has 3 aromatic carbocycles. The van der Waals surface area contributed by atoms with Crippen molar-refractivity contribution in [1.29, 1.82) is 0 Å². The van der Waals surface area contributed by atoms with E-state index in [1.54, 1.807) is 30.3 Å². The highest BCUT2D eigenvalue weighted by Crippen LogP contribution is 2.32. The summed E-state index contributed by atoms with van der Waals surface area (Å²) in [6, 6.07) is 13.5. The molecule has 8 heteroatoms. The van der Waals surface area contributed by atoms with Gasteiger partial charge in [-0.25, -0.2) is 0 Å². The van der Waals surface area contributed by atoms with E-state index in [0.717, 1.165) is 6.07 Å². The third kappa shape index (κ3) is 3.13. The van der Waals surface area contributed by atoms with Crippen LogP contribution in [0.3, 0.4) is 0 Å². The average molecular weight is 337 g/mol. The van der Waals surface area contributed by atoms with Crippen LogP contribution in [-0.4, -0.2) is 21.2 Å². The van der Waals surface area contributed by atoms with Gasteiger partial charge in [0.05, 0.1) is 27.2 Å². The Kier molecular flexibility index (Phi) is 4.09. The van der Waals surface area contributed by atoms with Gasteiger partial charge in [0.2, 0.25) is 0 Å². The number of aromatic hydroxyl groups is 1. The second-order valence-corrected chi connectivity index (χ2v) is 5.16. The molecule has 0 bridgehead atoms. The molecule has 3 aromatic rings. The lowest BCUT2D eigenvalue weighted by molar-refractivity contribution is -0.394. The highest BCUT2D eigenvalue weighted by Gasteiger charge is 2.18. The predicted octanol–water partition coefficient (Wildman–Crippen LogP) is 4.11. The molecule has 1 N–H and O–H groups in total. The minimum absolute atomic E-state index is 0.107. The van der Waals surface area contributed by atoms with Crippen molar-refractivity contribution in [3.8, 4) is 5.75 Å². The molecule has 0 saturated carbocycles. The first-order valence-corrected chi connectivity index (χ1v) is 7.15. The molecule has 0 radical (unpaired) electrons. The van der Waals surface area contributed by atoms with Crippen LogP contribution in [0.5, 0.6) is 5.75 Å². The largest absolute Gasteiger partial charge is 0.507 e. The summed E-state index contributed by atoms with van der Waals surface area (Å²) in [4.78, 5) is 24.8. The van der Waals surface area contributed by atoms with Crippen molar-refractivity contribution in [2.75, 3.05) is 0 Å². The second-order valence-electron chi connectivity index (χ2n) is 5.16. The molecule has 124 valence electrons. The third-order valence-electron chi connectivity index (χ3n) is 3.64. The van der Waals surface area contributed by atoms with Gasteiger partial charge in [-0.05, 0) is 18.2 Å². The van der Waals surface area contributed by atoms with Gasteiger partial charge in [0.25, 0.3) is 11.4 Å². The highest BCUT2D eigenvalue weighted by molar-refractivity contribution is 5.99. The first-order valence-electron chi connectivity index (χ1n) is 7.15. The molecule has 0 saturated heterocycles. The van der Waals surface area contributed by atoms with Crippen LogP contribution in [0.15, 0.2) is 59.6 Å². The van der Waals surface area contributed by atoms with E-state index in [2.05, 4.69) is 4.99 Å². The van der Waals surface area contributed by atoms with Gasteiger partial charge in [0, 0.05) is 23.1 Å². The molecule has 0 unspecified atom stereocenters. The summed E-state index contributed by atoms with van der Waals surface area (Å²) in [5.41, 5.74) is -0.103. The van der Waals surface area contributed by atoms with Gasteiger partial charge in [-0.3, -0.25) is 25.2 Å². The van der Waals surface area contributed by atoms with Crippen molar-refractivity contribution in [2.45, 2.75) is 0 Å². The minimum Gasteiger partial charge on any atom is -0.507 e. The van der Waals surface area contributed by atoms with Gasteiger partial charge >= 0.3 is 0 Å². The van der Waals surface area contributed by atoms with Crippen LogP contribution in [0.2, 0.25) is 0 Å². The van der Waals surface area contributed by atoms with Crippen molar-refractivity contribution in [3.63, 3.8) is 0 Å². The van der Waals surface area contributed by atoms with Crippen molar-refractivity contribution in [2.24, 2.45) is 4.99 Å². The summed E-state index contributed by atoms with van der Waals surface area (Å²) in [5.74, 6) is 0.107. The smallest absolute Gasteiger partial charge is 0.285 e. The van der Waals surface area contributed by atoms with E-state index in [0.29, 0.717) is 16.5 Å². The fourth-order valence-electron chi connectivity index (χ4n) is 2.43. The quantitative estimate of drug-likeness (QED) is 0.436. The van der Waals surface area contributed by atoms with Gasteiger partial charge in [0.1, 0.15) is 5.75 Å². The molecule has 0 aromatic heterocycles. The van der Waals surface area contributed by atoms with E-state index in [1.165, 1.54) is 24.4 Å². The number of hydrogen-bond donors (Lipinski definition) is 1. The predicted molar refractivity (Wildman–Crippen MR) is 92.6 cm³/mol. The van der Waals surface area contributed by atoms with E-state index in [-0.39, 0.29) is 17.0 Å². The molecule has 25 heavy (non-hydrogen) atoms. The lowest BCUT2D eigenvalue weighted by Gasteiger charge is -2.04. The number of nitrogens with zero attached hydrogens (tertiary/aromatic N) is 3. The highest BCUT2D eigenvalue weighted by atomic mass is 16.6. The number of nitro groups is 2. The third-order valence-corrected chi connectivity index (χ3v) is 3.64. The average Bonchev–Trinajstić information content (AvgIpc) is 2.61. The molecule has 0 atom stereocenters. The van der Waals surface area contributed by atoms with Crippen LogP contribution in [0.4, 0.5) is 17.1 Å². The number of non-ortho nitro benzene ring substituents is 1. The standard InChI is InChI=1S/C17H11N3O5/c21-17-8-7-15(13-3-1-2-4-14(13)17)18-10-11-5-6-12(19(22)23)9-16(11)20(24)25/h1-10,21H/b18-10+. The number of aliphatic imine (C=N–C) groups is 1. The molecule has 8 nitrogen and oxygen atoms in total. The van der Waals surface area contributed by atoms with E-state index in [1.807, 2.05) is 0 Å². The summed E-state index contributed by atoms with van der Waals surface area (Å²) < 4.78 is 0. The maximum atomic E-state index is 11.2. The number of fused-ring (bicyclic) bond motifs is 1. The van der Waals surface area contributed by atoms with E-state index < -0.39 is 15.5 Å². The maximum absolute atomic E-state index is 11.2. The van der Waals surface area contributed by atoms with Crippen LogP contribution in [0, 0.1) is 20.2 Å². The number of hydrogen-bond acceptors (Lipinski definition) is 6. The van der Waals surface area contributed by atoms with Crippen molar-refractivity contribution < 1.29 is 15.0 Å². The van der Waals surface area contributed by atoms with Crippen molar-refractivity contribution in [3.05, 3.63) is 80.4 Å². The van der Waals surface area contributed by atoms with Crippen molar-refractivity contribution >= 4 is 34.0 Å². The van der Waals surface area contributed by atoms with Crippen LogP contribution < -0.4 is 0 Å². The summed E-state index contributed by atoms with van der Waals surface area (Å²) in [7, 11) is 0. The normalized spacial score (nSPS) is 11.0. The molecule has 3 rings (SSSR count). The first kappa shape index (κ1) is 16.1. The summed E-state index contributed by atoms with van der Waals surface area (Å²) >= 11 is 0. The zero-order chi connectivity index (χ0) is 18.0. The summed E-state index contributed by atoms with van der Waals surface area (Å²) in [6.45, 7) is 0. The van der Waals surface area contributed by atoms with Crippen LogP contribution in [0.1, 0.15) is 5.56 Å². The van der Waals surface area contributed by atoms with Crippen LogP contribution in [0.25, 0.3) is 10.8 Å². The number of phenolic OH excluding ortho intramolecular Hbond substituents is 1. The lowest BCUT2D eigenvalue weighted by atomic mass is 10.1. The molecule has 0 fully saturated rings. The molecule has 0 amide bonds. The Hall–Kier alpha value is -3.81. The Morgan fingerprint density at radius 1 is 0.920 bits per heavy atom. The van der Waals surface area contributed by atoms with Crippen LogP contribution >= 0.6 is 0 Å². The van der Waals surface area contributed by atoms with Crippen molar-refractivity contribution in [1.82, 2.24) is 0 Å².